The molecular weight excluding hydrogens is 605 g/mol. The average Bonchev–Trinajstić information content (AvgIpc) is 3.52. The normalized spacial score (nSPS) is 11.6. The molecular formula is C48H32N2. The zero-order chi connectivity index (χ0) is 33.0. The molecule has 0 N–H and O–H groups in total. The Balaban J connectivity index is 1.21. The summed E-state index contributed by atoms with van der Waals surface area (Å²) in [5, 5.41) is 10.1. The van der Waals surface area contributed by atoms with Crippen LogP contribution in [0.4, 0.5) is 17.1 Å². The Kier molecular flexibility index (Phi) is 6.53. The maximum Gasteiger partial charge on any atom is 0.0561 e. The van der Waals surface area contributed by atoms with E-state index in [2.05, 4.69) is 204 Å². The Morgan fingerprint density at radius 2 is 0.860 bits per heavy atom. The summed E-state index contributed by atoms with van der Waals surface area (Å²) < 4.78 is 2.39. The van der Waals surface area contributed by atoms with Crippen LogP contribution in [0.25, 0.3) is 70.9 Å². The second kappa shape index (κ2) is 11.5. The molecule has 50 heavy (non-hydrogen) atoms. The zero-order valence-electron chi connectivity index (χ0n) is 27.4. The predicted molar refractivity (Wildman–Crippen MR) is 213 cm³/mol. The van der Waals surface area contributed by atoms with Crippen LogP contribution in [0.15, 0.2) is 194 Å². The molecule has 1 aromatic heterocycles. The third-order valence-electron chi connectivity index (χ3n) is 10.1. The van der Waals surface area contributed by atoms with E-state index in [1.54, 1.807) is 0 Å². The van der Waals surface area contributed by atoms with Crippen molar-refractivity contribution in [1.82, 2.24) is 4.57 Å². The van der Waals surface area contributed by atoms with E-state index < -0.39 is 0 Å². The van der Waals surface area contributed by atoms with Gasteiger partial charge in [-0.25, -0.2) is 0 Å². The highest BCUT2D eigenvalue weighted by atomic mass is 15.1. The molecule has 10 rings (SSSR count). The molecule has 9 aromatic carbocycles. The van der Waals surface area contributed by atoms with Gasteiger partial charge >= 0.3 is 0 Å². The predicted octanol–water partition coefficient (Wildman–Crippen LogP) is 13.4. The largest absolute Gasteiger partial charge is 0.310 e. The molecule has 0 bridgehead atoms. The highest BCUT2D eigenvalue weighted by molar-refractivity contribution is 6.18. The molecule has 0 aliphatic heterocycles. The van der Waals surface area contributed by atoms with E-state index in [4.69, 9.17) is 0 Å². The fourth-order valence-electron chi connectivity index (χ4n) is 7.81. The monoisotopic (exact) mass is 636 g/mol. The summed E-state index contributed by atoms with van der Waals surface area (Å²) in [6.45, 7) is 0. The molecule has 1 heterocycles. The molecule has 2 heteroatoms. The summed E-state index contributed by atoms with van der Waals surface area (Å²) in [4.78, 5) is 2.41. The molecule has 0 fully saturated rings. The molecule has 234 valence electrons. The van der Waals surface area contributed by atoms with Gasteiger partial charge in [0, 0.05) is 33.5 Å². The van der Waals surface area contributed by atoms with Crippen molar-refractivity contribution < 1.29 is 0 Å². The van der Waals surface area contributed by atoms with Crippen molar-refractivity contribution in [3.8, 4) is 16.8 Å². The molecule has 10 aromatic rings. The lowest BCUT2D eigenvalue weighted by atomic mass is 9.96. The fourth-order valence-corrected chi connectivity index (χ4v) is 7.81. The van der Waals surface area contributed by atoms with Crippen LogP contribution >= 0.6 is 0 Å². The standard InChI is InChI=1S/C48H32N2/c1-3-12-33(13-4-1)35-15-11-18-38(30-35)49(39-24-28-42-36(31-39)23-27-43-41-19-8-7-14-34(41)22-26-44(42)43)40-25-29-46-45-20-9-10-21-47(45)50(48(46)32-40)37-16-5-2-6-17-37/h1-32H. The molecule has 0 spiro atoms. The maximum absolute atomic E-state index is 2.41. The number of aromatic nitrogens is 1. The number of hydrogen-bond acceptors (Lipinski definition) is 1. The van der Waals surface area contributed by atoms with Crippen LogP contribution in [0.1, 0.15) is 0 Å². The number of nitrogens with zero attached hydrogens (tertiary/aromatic N) is 2. The molecule has 0 saturated heterocycles. The number of benzene rings is 9. The van der Waals surface area contributed by atoms with Crippen LogP contribution in [-0.4, -0.2) is 4.57 Å². The number of rotatable bonds is 5. The topological polar surface area (TPSA) is 8.17 Å². The van der Waals surface area contributed by atoms with Gasteiger partial charge in [0.25, 0.3) is 0 Å². The first kappa shape index (κ1) is 28.4. The minimum Gasteiger partial charge on any atom is -0.310 e. The summed E-state index contributed by atoms with van der Waals surface area (Å²) >= 11 is 0. The Bertz CT molecular complexity index is 2870. The quantitative estimate of drug-likeness (QED) is 0.171. The van der Waals surface area contributed by atoms with Crippen molar-refractivity contribution in [2.24, 2.45) is 0 Å². The van der Waals surface area contributed by atoms with E-state index in [1.165, 1.54) is 65.3 Å². The third kappa shape index (κ3) is 4.57. The minimum atomic E-state index is 1.11. The van der Waals surface area contributed by atoms with E-state index in [1.807, 2.05) is 0 Å². The van der Waals surface area contributed by atoms with Crippen molar-refractivity contribution in [1.29, 1.82) is 0 Å². The van der Waals surface area contributed by atoms with Crippen LogP contribution in [-0.2, 0) is 0 Å². The van der Waals surface area contributed by atoms with Crippen molar-refractivity contribution in [3.05, 3.63) is 194 Å². The van der Waals surface area contributed by atoms with E-state index in [-0.39, 0.29) is 0 Å². The highest BCUT2D eigenvalue weighted by Crippen LogP contribution is 2.42. The number of fused-ring (bicyclic) bond motifs is 8. The number of hydrogen-bond donors (Lipinski definition) is 0. The first-order valence-electron chi connectivity index (χ1n) is 17.2. The number of anilines is 3. The van der Waals surface area contributed by atoms with E-state index in [9.17, 15) is 0 Å². The Hall–Kier alpha value is -6.64. The van der Waals surface area contributed by atoms with Gasteiger partial charge in [0.2, 0.25) is 0 Å². The summed E-state index contributed by atoms with van der Waals surface area (Å²) in [6.07, 6.45) is 0. The zero-order valence-corrected chi connectivity index (χ0v) is 27.4. The lowest BCUT2D eigenvalue weighted by Crippen LogP contribution is -2.10. The van der Waals surface area contributed by atoms with Gasteiger partial charge in [-0.3, -0.25) is 0 Å². The van der Waals surface area contributed by atoms with Crippen LogP contribution in [0, 0.1) is 0 Å². The van der Waals surface area contributed by atoms with Gasteiger partial charge in [-0.1, -0.05) is 140 Å². The van der Waals surface area contributed by atoms with Crippen LogP contribution < -0.4 is 4.90 Å². The molecule has 0 aliphatic rings. The first-order valence-corrected chi connectivity index (χ1v) is 17.2. The average molecular weight is 637 g/mol. The van der Waals surface area contributed by atoms with Crippen molar-refractivity contribution >= 4 is 71.2 Å². The van der Waals surface area contributed by atoms with Crippen LogP contribution in [0.3, 0.4) is 0 Å². The van der Waals surface area contributed by atoms with Gasteiger partial charge in [-0.2, -0.15) is 0 Å². The summed E-state index contributed by atoms with van der Waals surface area (Å²) in [7, 11) is 0. The minimum absolute atomic E-state index is 1.11. The first-order chi connectivity index (χ1) is 24.8. The van der Waals surface area contributed by atoms with Gasteiger partial charge in [-0.05, 0) is 98.0 Å². The van der Waals surface area contributed by atoms with Crippen LogP contribution in [0.5, 0.6) is 0 Å². The Morgan fingerprint density at radius 1 is 0.300 bits per heavy atom. The van der Waals surface area contributed by atoms with Gasteiger partial charge in [-0.15, -0.1) is 0 Å². The second-order valence-electron chi connectivity index (χ2n) is 13.0. The Labute approximate surface area is 290 Å². The molecule has 2 nitrogen and oxygen atoms in total. The molecule has 0 radical (unpaired) electrons. The van der Waals surface area contributed by atoms with Gasteiger partial charge < -0.3 is 9.47 Å². The molecule has 0 saturated carbocycles. The van der Waals surface area contributed by atoms with Gasteiger partial charge in [0.15, 0.2) is 0 Å². The molecule has 0 unspecified atom stereocenters. The highest BCUT2D eigenvalue weighted by Gasteiger charge is 2.19. The summed E-state index contributed by atoms with van der Waals surface area (Å²) in [6, 6.07) is 70.5. The maximum atomic E-state index is 2.41. The van der Waals surface area contributed by atoms with E-state index in [0.29, 0.717) is 0 Å². The van der Waals surface area contributed by atoms with Gasteiger partial charge in [0.05, 0.1) is 11.0 Å². The van der Waals surface area contributed by atoms with Crippen molar-refractivity contribution in [3.63, 3.8) is 0 Å². The molecule has 0 amide bonds. The van der Waals surface area contributed by atoms with Crippen molar-refractivity contribution in [2.75, 3.05) is 4.90 Å². The van der Waals surface area contributed by atoms with Crippen LogP contribution in [0.2, 0.25) is 0 Å². The second-order valence-corrected chi connectivity index (χ2v) is 13.0. The van der Waals surface area contributed by atoms with Crippen molar-refractivity contribution in [2.45, 2.75) is 0 Å². The van der Waals surface area contributed by atoms with Gasteiger partial charge in [0.1, 0.15) is 0 Å². The fraction of sp³-hybridized carbons (Fsp3) is 0. The van der Waals surface area contributed by atoms with E-state index >= 15 is 0 Å². The summed E-state index contributed by atoms with van der Waals surface area (Å²) in [5.41, 5.74) is 9.25. The van der Waals surface area contributed by atoms with E-state index in [0.717, 1.165) is 22.7 Å². The number of para-hydroxylation sites is 2. The molecule has 0 atom stereocenters. The SMILES string of the molecule is c1ccc(-c2cccc(N(c3ccc4c(ccc5c6ccccc6ccc45)c3)c3ccc4c5ccccc5n(-c5ccccc5)c4c3)c2)cc1. The summed E-state index contributed by atoms with van der Waals surface area (Å²) in [5.74, 6) is 0. The third-order valence-corrected chi connectivity index (χ3v) is 10.1. The smallest absolute Gasteiger partial charge is 0.0561 e. The molecule has 0 aliphatic carbocycles. The Morgan fingerprint density at radius 3 is 1.68 bits per heavy atom. The lowest BCUT2D eigenvalue weighted by Gasteiger charge is -2.27. The lowest BCUT2D eigenvalue weighted by molar-refractivity contribution is 1.18.